The second-order valence-corrected chi connectivity index (χ2v) is 7.08. The molecule has 138 valence electrons. The van der Waals surface area contributed by atoms with E-state index in [4.69, 9.17) is 28.9 Å². The van der Waals surface area contributed by atoms with E-state index in [-0.39, 0.29) is 55.8 Å². The number of fused-ring (bicyclic) bond motifs is 2. The molecule has 1 aliphatic carbocycles. The van der Waals surface area contributed by atoms with Gasteiger partial charge in [-0.1, -0.05) is 47.5 Å². The summed E-state index contributed by atoms with van der Waals surface area (Å²) in [6.45, 7) is 0. The van der Waals surface area contributed by atoms with Crippen molar-refractivity contribution in [3.63, 3.8) is 0 Å². The van der Waals surface area contributed by atoms with Gasteiger partial charge >= 0.3 is 0 Å². The highest BCUT2D eigenvalue weighted by Crippen LogP contribution is 2.35. The molecule has 1 aliphatic rings. The quantitative estimate of drug-likeness (QED) is 0.472. The number of hydrogen-bond acceptors (Lipinski definition) is 4. The van der Waals surface area contributed by atoms with Crippen molar-refractivity contribution in [3.8, 4) is 0 Å². The van der Waals surface area contributed by atoms with Crippen molar-refractivity contribution >= 4 is 52.1 Å². The van der Waals surface area contributed by atoms with Gasteiger partial charge in [0.15, 0.2) is 11.6 Å². The number of nitrogens with one attached hydrogen (secondary N) is 1. The van der Waals surface area contributed by atoms with Crippen LogP contribution in [0.15, 0.2) is 54.6 Å². The van der Waals surface area contributed by atoms with Gasteiger partial charge in [0, 0.05) is 21.8 Å². The molecule has 1 amide bonds. The molecule has 3 aromatic rings. The summed E-state index contributed by atoms with van der Waals surface area (Å²) in [7, 11) is 0. The number of nitrogen functional groups attached to an aromatic ring is 1. The Bertz CT molecular complexity index is 1190. The minimum absolute atomic E-state index is 0.0650. The van der Waals surface area contributed by atoms with Crippen molar-refractivity contribution in [1.82, 2.24) is 0 Å². The third-order valence-corrected chi connectivity index (χ3v) is 5.09. The van der Waals surface area contributed by atoms with Crippen LogP contribution >= 0.6 is 23.2 Å². The van der Waals surface area contributed by atoms with Gasteiger partial charge in [-0.25, -0.2) is 0 Å². The second-order valence-electron chi connectivity index (χ2n) is 6.23. The Hall–Kier alpha value is -3.15. The van der Waals surface area contributed by atoms with Gasteiger partial charge in [-0.2, -0.15) is 0 Å². The maximum Gasteiger partial charge on any atom is 0.257 e. The molecule has 4 rings (SSSR count). The Morgan fingerprint density at radius 2 is 1.50 bits per heavy atom. The van der Waals surface area contributed by atoms with E-state index in [1.165, 1.54) is 24.3 Å². The Balaban J connectivity index is 1.83. The summed E-state index contributed by atoms with van der Waals surface area (Å²) >= 11 is 12.0. The maximum absolute atomic E-state index is 13.1. The first-order valence-electron chi connectivity index (χ1n) is 8.26. The molecule has 0 aliphatic heterocycles. The molecule has 0 fully saturated rings. The van der Waals surface area contributed by atoms with Gasteiger partial charge in [0.05, 0.1) is 27.4 Å². The number of rotatable bonds is 2. The van der Waals surface area contributed by atoms with Crippen LogP contribution in [0.25, 0.3) is 0 Å². The topological polar surface area (TPSA) is 89.3 Å². The molecule has 5 nitrogen and oxygen atoms in total. The SMILES string of the molecule is Nc1ccc(NC(=O)c2cc(Cl)ccc2Cl)c2c1C(=O)c1ccccc1C2=O. The first-order valence-corrected chi connectivity index (χ1v) is 9.01. The number of nitrogens with two attached hydrogens (primary N) is 1. The van der Waals surface area contributed by atoms with Crippen LogP contribution in [0.2, 0.25) is 10.0 Å². The van der Waals surface area contributed by atoms with Gasteiger partial charge < -0.3 is 11.1 Å². The molecule has 0 radical (unpaired) electrons. The van der Waals surface area contributed by atoms with E-state index in [0.717, 1.165) is 0 Å². The molecular weight excluding hydrogens is 399 g/mol. The molecule has 0 heterocycles. The zero-order valence-corrected chi connectivity index (χ0v) is 15.8. The number of carbonyl (C=O) groups is 3. The molecule has 0 atom stereocenters. The first kappa shape index (κ1) is 18.2. The van der Waals surface area contributed by atoms with E-state index in [0.29, 0.717) is 5.02 Å². The first-order chi connectivity index (χ1) is 13.4. The third kappa shape index (κ3) is 2.85. The Morgan fingerprint density at radius 3 is 2.18 bits per heavy atom. The summed E-state index contributed by atoms with van der Waals surface area (Å²) in [6.07, 6.45) is 0. The lowest BCUT2D eigenvalue weighted by atomic mass is 9.82. The highest BCUT2D eigenvalue weighted by Gasteiger charge is 2.33. The van der Waals surface area contributed by atoms with Crippen LogP contribution < -0.4 is 11.1 Å². The zero-order valence-electron chi connectivity index (χ0n) is 14.3. The van der Waals surface area contributed by atoms with Crippen molar-refractivity contribution < 1.29 is 14.4 Å². The summed E-state index contributed by atoms with van der Waals surface area (Å²) < 4.78 is 0. The standard InChI is InChI=1S/C21H12Cl2N2O3/c22-10-5-6-14(23)13(9-10)21(28)25-16-8-7-15(24)17-18(16)20(27)12-4-2-1-3-11(12)19(17)26/h1-9H,24H2,(H,25,28). The van der Waals surface area contributed by atoms with Crippen molar-refractivity contribution in [2.24, 2.45) is 0 Å². The highest BCUT2D eigenvalue weighted by atomic mass is 35.5. The van der Waals surface area contributed by atoms with Gasteiger partial charge in [-0.3, -0.25) is 14.4 Å². The van der Waals surface area contributed by atoms with E-state index in [1.54, 1.807) is 30.3 Å². The smallest absolute Gasteiger partial charge is 0.257 e. The second kappa shape index (κ2) is 6.78. The molecule has 28 heavy (non-hydrogen) atoms. The lowest BCUT2D eigenvalue weighted by Gasteiger charge is -2.22. The molecule has 0 aromatic heterocycles. The van der Waals surface area contributed by atoms with E-state index >= 15 is 0 Å². The Morgan fingerprint density at radius 1 is 0.857 bits per heavy atom. The Labute approximate surface area is 170 Å². The minimum Gasteiger partial charge on any atom is -0.398 e. The number of halogens is 2. The highest BCUT2D eigenvalue weighted by molar-refractivity contribution is 6.37. The fourth-order valence-corrected chi connectivity index (χ4v) is 3.59. The monoisotopic (exact) mass is 410 g/mol. The van der Waals surface area contributed by atoms with Crippen molar-refractivity contribution in [2.45, 2.75) is 0 Å². The fourth-order valence-electron chi connectivity index (χ4n) is 3.21. The van der Waals surface area contributed by atoms with Gasteiger partial charge in [0.2, 0.25) is 0 Å². The van der Waals surface area contributed by atoms with Gasteiger partial charge in [-0.05, 0) is 30.3 Å². The predicted molar refractivity (Wildman–Crippen MR) is 109 cm³/mol. The molecule has 0 bridgehead atoms. The van der Waals surface area contributed by atoms with E-state index < -0.39 is 5.91 Å². The number of benzene rings is 3. The predicted octanol–water partition coefficient (Wildman–Crippen LogP) is 4.60. The van der Waals surface area contributed by atoms with E-state index in [9.17, 15) is 14.4 Å². The molecular formula is C21H12Cl2N2O3. The van der Waals surface area contributed by atoms with Crippen LogP contribution in [0.3, 0.4) is 0 Å². The summed E-state index contributed by atoms with van der Waals surface area (Å²) in [5, 5.41) is 3.20. The molecule has 0 saturated carbocycles. The largest absolute Gasteiger partial charge is 0.398 e. The fraction of sp³-hybridized carbons (Fsp3) is 0. The summed E-state index contributed by atoms with van der Waals surface area (Å²) in [5.41, 5.74) is 7.17. The lowest BCUT2D eigenvalue weighted by Crippen LogP contribution is -2.25. The third-order valence-electron chi connectivity index (χ3n) is 4.53. The Kier molecular flexibility index (Phi) is 4.41. The summed E-state index contributed by atoms with van der Waals surface area (Å²) in [6, 6.07) is 14.0. The summed E-state index contributed by atoms with van der Waals surface area (Å²) in [5.74, 6) is -1.30. The molecule has 0 unspecified atom stereocenters. The van der Waals surface area contributed by atoms with Crippen molar-refractivity contribution in [2.75, 3.05) is 11.1 Å². The van der Waals surface area contributed by atoms with Crippen molar-refractivity contribution in [3.05, 3.63) is 92.5 Å². The number of anilines is 2. The normalized spacial score (nSPS) is 12.4. The van der Waals surface area contributed by atoms with Crippen LogP contribution in [0, 0.1) is 0 Å². The van der Waals surface area contributed by atoms with Gasteiger partial charge in [0.25, 0.3) is 5.91 Å². The number of amides is 1. The van der Waals surface area contributed by atoms with Crippen LogP contribution in [0.1, 0.15) is 42.2 Å². The zero-order chi connectivity index (χ0) is 20.0. The van der Waals surface area contributed by atoms with Crippen LogP contribution in [-0.4, -0.2) is 17.5 Å². The van der Waals surface area contributed by atoms with E-state index in [2.05, 4.69) is 5.32 Å². The number of carbonyl (C=O) groups excluding carboxylic acids is 3. The minimum atomic E-state index is -0.557. The van der Waals surface area contributed by atoms with Crippen LogP contribution in [0.5, 0.6) is 0 Å². The molecule has 3 aromatic carbocycles. The molecule has 0 spiro atoms. The number of hydrogen-bond donors (Lipinski definition) is 2. The van der Waals surface area contributed by atoms with Gasteiger partial charge in [-0.15, -0.1) is 0 Å². The lowest BCUT2D eigenvalue weighted by molar-refractivity contribution is 0.0979. The average molecular weight is 411 g/mol. The van der Waals surface area contributed by atoms with Crippen LogP contribution in [-0.2, 0) is 0 Å². The van der Waals surface area contributed by atoms with Gasteiger partial charge in [0.1, 0.15) is 0 Å². The van der Waals surface area contributed by atoms with Crippen LogP contribution in [0.4, 0.5) is 11.4 Å². The van der Waals surface area contributed by atoms with E-state index in [1.807, 2.05) is 0 Å². The maximum atomic E-state index is 13.1. The summed E-state index contributed by atoms with van der Waals surface area (Å²) in [4.78, 5) is 38.7. The van der Waals surface area contributed by atoms with Crippen molar-refractivity contribution in [1.29, 1.82) is 0 Å². The molecule has 7 heteroatoms. The number of ketones is 2. The molecule has 0 saturated heterocycles. The average Bonchev–Trinajstić information content (AvgIpc) is 2.69. The molecule has 3 N–H and O–H groups in total.